The summed E-state index contributed by atoms with van der Waals surface area (Å²) in [4.78, 5) is 27.8. The molecule has 34 heavy (non-hydrogen) atoms. The van der Waals surface area contributed by atoms with Crippen LogP contribution in [0.1, 0.15) is 33.3 Å². The average Bonchev–Trinajstić information content (AvgIpc) is 2.69. The Kier molecular flexibility index (Phi) is 9.44. The van der Waals surface area contributed by atoms with E-state index in [1.807, 2.05) is 20.8 Å². The molecule has 0 heterocycles. The van der Waals surface area contributed by atoms with Crippen molar-refractivity contribution in [1.29, 1.82) is 0 Å². The molecule has 0 aliphatic heterocycles. The average molecular weight is 593 g/mol. The molecule has 0 aliphatic rings. The summed E-state index contributed by atoms with van der Waals surface area (Å²) >= 11 is 15.7. The minimum absolute atomic E-state index is 0.0128. The van der Waals surface area contributed by atoms with Crippen molar-refractivity contribution in [3.63, 3.8) is 0 Å². The Balaban J connectivity index is 2.46. The van der Waals surface area contributed by atoms with Gasteiger partial charge in [-0.05, 0) is 73.5 Å². The van der Waals surface area contributed by atoms with E-state index in [1.54, 1.807) is 49.4 Å². The lowest BCUT2D eigenvalue weighted by atomic mass is 10.1. The molecule has 2 rings (SSSR count). The number of hydrogen-bond acceptors (Lipinski definition) is 4. The first-order chi connectivity index (χ1) is 15.6. The first kappa shape index (κ1) is 28.4. The van der Waals surface area contributed by atoms with Crippen molar-refractivity contribution < 1.29 is 18.0 Å². The minimum atomic E-state index is -3.82. The van der Waals surface area contributed by atoms with Crippen LogP contribution in [0.3, 0.4) is 0 Å². The summed E-state index contributed by atoms with van der Waals surface area (Å²) in [5.41, 5.74) is 0.363. The highest BCUT2D eigenvalue weighted by Gasteiger charge is 2.32. The first-order valence-electron chi connectivity index (χ1n) is 10.4. The highest BCUT2D eigenvalue weighted by molar-refractivity contribution is 9.10. The Morgan fingerprint density at radius 1 is 1.12 bits per heavy atom. The van der Waals surface area contributed by atoms with Gasteiger partial charge in [0, 0.05) is 26.6 Å². The van der Waals surface area contributed by atoms with Crippen LogP contribution in [0.15, 0.2) is 46.9 Å². The molecule has 0 radical (unpaired) electrons. The number of sulfonamides is 1. The van der Waals surface area contributed by atoms with Gasteiger partial charge in [-0.2, -0.15) is 0 Å². The Hall–Kier alpha value is -1.81. The van der Waals surface area contributed by atoms with E-state index in [-0.39, 0.29) is 12.5 Å². The van der Waals surface area contributed by atoms with Gasteiger partial charge in [-0.1, -0.05) is 41.4 Å². The molecule has 0 saturated heterocycles. The number of hydrogen-bond donors (Lipinski definition) is 1. The molecule has 2 amide bonds. The Bertz CT molecular complexity index is 1170. The maximum atomic E-state index is 13.5. The Morgan fingerprint density at radius 3 is 2.26 bits per heavy atom. The molecule has 2 aromatic carbocycles. The number of para-hydroxylation sites is 1. The highest BCUT2D eigenvalue weighted by Crippen LogP contribution is 2.28. The van der Waals surface area contributed by atoms with Crippen LogP contribution < -0.4 is 9.62 Å². The van der Waals surface area contributed by atoms with Crippen molar-refractivity contribution in [3.8, 4) is 0 Å². The minimum Gasteiger partial charge on any atom is -0.350 e. The summed E-state index contributed by atoms with van der Waals surface area (Å²) < 4.78 is 26.7. The number of rotatable bonds is 8. The quantitative estimate of drug-likeness (QED) is 0.474. The topological polar surface area (TPSA) is 86.8 Å². The third-order valence-corrected chi connectivity index (χ3v) is 7.21. The van der Waals surface area contributed by atoms with E-state index < -0.39 is 34.1 Å². The second-order valence-electron chi connectivity index (χ2n) is 8.89. The van der Waals surface area contributed by atoms with Gasteiger partial charge in [0.25, 0.3) is 0 Å². The zero-order valence-electron chi connectivity index (χ0n) is 19.6. The maximum absolute atomic E-state index is 13.5. The molecule has 0 unspecified atom stereocenters. The number of nitrogens with one attached hydrogen (secondary N) is 1. The van der Waals surface area contributed by atoms with Gasteiger partial charge < -0.3 is 10.2 Å². The van der Waals surface area contributed by atoms with Crippen molar-refractivity contribution in [2.24, 2.45) is 0 Å². The summed E-state index contributed by atoms with van der Waals surface area (Å²) in [5, 5.41) is 3.63. The molecule has 1 atom stereocenters. The maximum Gasteiger partial charge on any atom is 0.244 e. The van der Waals surface area contributed by atoms with Gasteiger partial charge >= 0.3 is 0 Å². The van der Waals surface area contributed by atoms with Gasteiger partial charge in [-0.3, -0.25) is 13.9 Å². The molecule has 2 aromatic rings. The second kappa shape index (κ2) is 11.3. The summed E-state index contributed by atoms with van der Waals surface area (Å²) in [6.45, 7) is 6.57. The summed E-state index contributed by atoms with van der Waals surface area (Å²) in [7, 11) is -3.82. The van der Waals surface area contributed by atoms with Crippen molar-refractivity contribution in [1.82, 2.24) is 10.2 Å². The van der Waals surface area contributed by atoms with Gasteiger partial charge in [0.05, 0.1) is 11.9 Å². The SMILES string of the molecule is C[C@H](C(=O)NC(C)(C)C)N(Cc1ccc(Cl)cc1Cl)C(=O)CN(c1ccccc1Br)S(C)(=O)=O. The number of benzene rings is 2. The van der Waals surface area contributed by atoms with Crippen LogP contribution in [0.5, 0.6) is 0 Å². The van der Waals surface area contributed by atoms with E-state index in [9.17, 15) is 18.0 Å². The van der Waals surface area contributed by atoms with Crippen LogP contribution >= 0.6 is 39.1 Å². The third-order valence-electron chi connectivity index (χ3n) is 4.82. The van der Waals surface area contributed by atoms with Gasteiger partial charge in [0.15, 0.2) is 0 Å². The Labute approximate surface area is 219 Å². The van der Waals surface area contributed by atoms with E-state index in [1.165, 1.54) is 4.90 Å². The molecule has 0 saturated carbocycles. The number of halogens is 3. The van der Waals surface area contributed by atoms with E-state index in [4.69, 9.17) is 23.2 Å². The third kappa shape index (κ3) is 7.86. The molecule has 0 aromatic heterocycles. The van der Waals surface area contributed by atoms with Gasteiger partial charge in [-0.15, -0.1) is 0 Å². The van der Waals surface area contributed by atoms with E-state index in [0.29, 0.717) is 25.8 Å². The molecular weight excluding hydrogens is 565 g/mol. The van der Waals surface area contributed by atoms with E-state index >= 15 is 0 Å². The molecule has 0 fully saturated rings. The number of nitrogens with zero attached hydrogens (tertiary/aromatic N) is 2. The van der Waals surface area contributed by atoms with Crippen LogP contribution in [-0.4, -0.2) is 49.5 Å². The van der Waals surface area contributed by atoms with Crippen LogP contribution in [-0.2, 0) is 26.2 Å². The fraction of sp³-hybridized carbons (Fsp3) is 0.391. The largest absolute Gasteiger partial charge is 0.350 e. The summed E-state index contributed by atoms with van der Waals surface area (Å²) in [5.74, 6) is -0.943. The number of carbonyl (C=O) groups excluding carboxylic acids is 2. The van der Waals surface area contributed by atoms with E-state index in [0.717, 1.165) is 10.6 Å². The van der Waals surface area contributed by atoms with Crippen LogP contribution in [0.25, 0.3) is 0 Å². The van der Waals surface area contributed by atoms with Crippen LogP contribution in [0.4, 0.5) is 5.69 Å². The lowest BCUT2D eigenvalue weighted by molar-refractivity contribution is -0.140. The predicted molar refractivity (Wildman–Crippen MR) is 141 cm³/mol. The molecule has 7 nitrogen and oxygen atoms in total. The number of anilines is 1. The fourth-order valence-electron chi connectivity index (χ4n) is 3.14. The standard InChI is InChI=1S/C23H28BrCl2N3O4S/c1-15(22(31)27-23(2,3)4)28(13-16-10-11-17(25)12-19(16)26)21(30)14-29(34(5,32)33)20-9-7-6-8-18(20)24/h6-12,15H,13-14H2,1-5H3,(H,27,31)/t15-/m1/s1. The number of carbonyl (C=O) groups is 2. The van der Waals surface area contributed by atoms with Crippen molar-refractivity contribution >= 4 is 66.7 Å². The zero-order valence-corrected chi connectivity index (χ0v) is 23.5. The normalized spacial score (nSPS) is 12.7. The first-order valence-corrected chi connectivity index (χ1v) is 13.8. The molecule has 11 heteroatoms. The van der Waals surface area contributed by atoms with Gasteiger partial charge in [0.2, 0.25) is 21.8 Å². The molecule has 0 spiro atoms. The second-order valence-corrected chi connectivity index (χ2v) is 12.5. The lowest BCUT2D eigenvalue weighted by Gasteiger charge is -2.33. The predicted octanol–water partition coefficient (Wildman–Crippen LogP) is 4.85. The monoisotopic (exact) mass is 591 g/mol. The number of amides is 2. The molecule has 0 bridgehead atoms. The van der Waals surface area contributed by atoms with Crippen molar-refractivity contribution in [3.05, 3.63) is 62.5 Å². The van der Waals surface area contributed by atoms with E-state index in [2.05, 4.69) is 21.2 Å². The summed E-state index contributed by atoms with van der Waals surface area (Å²) in [6, 6.07) is 10.6. The highest BCUT2D eigenvalue weighted by atomic mass is 79.9. The van der Waals surface area contributed by atoms with Gasteiger partial charge in [0.1, 0.15) is 12.6 Å². The van der Waals surface area contributed by atoms with Gasteiger partial charge in [-0.25, -0.2) is 8.42 Å². The molecule has 0 aliphatic carbocycles. The molecular formula is C23H28BrCl2N3O4S. The lowest BCUT2D eigenvalue weighted by Crippen LogP contribution is -2.54. The Morgan fingerprint density at radius 2 is 1.74 bits per heavy atom. The van der Waals surface area contributed by atoms with Crippen molar-refractivity contribution in [2.75, 3.05) is 17.1 Å². The van der Waals surface area contributed by atoms with Crippen LogP contribution in [0, 0.1) is 0 Å². The fourth-order valence-corrected chi connectivity index (χ4v) is 5.08. The zero-order chi connectivity index (χ0) is 25.8. The summed E-state index contributed by atoms with van der Waals surface area (Å²) in [6.07, 6.45) is 1.02. The van der Waals surface area contributed by atoms with Crippen LogP contribution in [0.2, 0.25) is 10.0 Å². The molecule has 186 valence electrons. The van der Waals surface area contributed by atoms with Crippen molar-refractivity contribution in [2.45, 2.75) is 45.8 Å². The smallest absolute Gasteiger partial charge is 0.244 e. The molecule has 1 N–H and O–H groups in total.